The number of hydrogen-bond acceptors (Lipinski definition) is 3. The second kappa shape index (κ2) is 6.83. The van der Waals surface area contributed by atoms with Crippen LogP contribution in [0.3, 0.4) is 0 Å². The minimum atomic E-state index is -2.90. The maximum Gasteiger partial charge on any atom is 0.387 e. The van der Waals surface area contributed by atoms with Crippen LogP contribution in [0.4, 0.5) is 8.78 Å². The fourth-order valence-corrected chi connectivity index (χ4v) is 3.14. The lowest BCUT2D eigenvalue weighted by molar-refractivity contribution is -0.0497. The van der Waals surface area contributed by atoms with Gasteiger partial charge in [0.1, 0.15) is 5.75 Å². The lowest BCUT2D eigenvalue weighted by Crippen LogP contribution is -2.28. The van der Waals surface area contributed by atoms with Crippen molar-refractivity contribution < 1.29 is 18.6 Å². The van der Waals surface area contributed by atoms with Crippen LogP contribution in [0.25, 0.3) is 0 Å². The van der Waals surface area contributed by atoms with Gasteiger partial charge in [0.25, 0.3) is 0 Å². The first-order valence-corrected chi connectivity index (χ1v) is 7.65. The standard InChI is InChI=1S/C17H16ClF2NO2/c18-13-7-10(5-6-15(13)23-17(19)20)9-21-16-12-4-2-1-3-11(12)8-14(16)22/h1-7,14,16-17,21-22H,8-9H2/t14-,16+/m0/s1. The molecule has 0 spiro atoms. The van der Waals surface area contributed by atoms with Crippen molar-refractivity contribution in [1.82, 2.24) is 5.32 Å². The Morgan fingerprint density at radius 3 is 2.78 bits per heavy atom. The maximum absolute atomic E-state index is 12.2. The van der Waals surface area contributed by atoms with E-state index in [2.05, 4.69) is 10.1 Å². The number of halogens is 3. The first-order chi connectivity index (χ1) is 11.0. The number of rotatable bonds is 5. The van der Waals surface area contributed by atoms with Crippen molar-refractivity contribution in [1.29, 1.82) is 0 Å². The molecule has 0 aromatic heterocycles. The van der Waals surface area contributed by atoms with Crippen LogP contribution in [0, 0.1) is 0 Å². The van der Waals surface area contributed by atoms with E-state index >= 15 is 0 Å². The van der Waals surface area contributed by atoms with Crippen LogP contribution in [-0.4, -0.2) is 17.8 Å². The summed E-state index contributed by atoms with van der Waals surface area (Å²) in [7, 11) is 0. The Bertz CT molecular complexity index is 696. The van der Waals surface area contributed by atoms with E-state index in [0.717, 1.165) is 16.7 Å². The highest BCUT2D eigenvalue weighted by Gasteiger charge is 2.30. The van der Waals surface area contributed by atoms with Crippen molar-refractivity contribution in [3.05, 3.63) is 64.2 Å². The van der Waals surface area contributed by atoms with Crippen molar-refractivity contribution in [2.24, 2.45) is 0 Å². The van der Waals surface area contributed by atoms with Crippen molar-refractivity contribution in [3.8, 4) is 5.75 Å². The molecule has 0 amide bonds. The molecule has 122 valence electrons. The first kappa shape index (κ1) is 16.2. The zero-order chi connectivity index (χ0) is 16.4. The molecular formula is C17H16ClF2NO2. The molecular weight excluding hydrogens is 324 g/mol. The number of benzene rings is 2. The number of hydrogen-bond donors (Lipinski definition) is 2. The first-order valence-electron chi connectivity index (χ1n) is 7.27. The molecule has 0 saturated carbocycles. The maximum atomic E-state index is 12.2. The highest BCUT2D eigenvalue weighted by Crippen LogP contribution is 2.32. The van der Waals surface area contributed by atoms with E-state index < -0.39 is 12.7 Å². The quantitative estimate of drug-likeness (QED) is 0.873. The summed E-state index contributed by atoms with van der Waals surface area (Å²) < 4.78 is 28.7. The van der Waals surface area contributed by atoms with Crippen LogP contribution in [0.15, 0.2) is 42.5 Å². The molecule has 2 N–H and O–H groups in total. The molecule has 0 bridgehead atoms. The zero-order valence-electron chi connectivity index (χ0n) is 12.2. The predicted octanol–water partition coefficient (Wildman–Crippen LogP) is 3.69. The topological polar surface area (TPSA) is 41.5 Å². The Morgan fingerprint density at radius 2 is 2.04 bits per heavy atom. The largest absolute Gasteiger partial charge is 0.433 e. The molecule has 0 radical (unpaired) electrons. The van der Waals surface area contributed by atoms with Gasteiger partial charge in [0.05, 0.1) is 17.2 Å². The highest BCUT2D eigenvalue weighted by atomic mass is 35.5. The molecule has 1 aliphatic rings. The molecule has 2 aromatic rings. The molecule has 23 heavy (non-hydrogen) atoms. The predicted molar refractivity (Wildman–Crippen MR) is 83.8 cm³/mol. The third-order valence-electron chi connectivity index (χ3n) is 3.94. The molecule has 6 heteroatoms. The number of fused-ring (bicyclic) bond motifs is 1. The Labute approximate surface area is 137 Å². The van der Waals surface area contributed by atoms with Crippen molar-refractivity contribution in [3.63, 3.8) is 0 Å². The van der Waals surface area contributed by atoms with Crippen LogP contribution >= 0.6 is 11.6 Å². The van der Waals surface area contributed by atoms with Crippen molar-refractivity contribution in [2.45, 2.75) is 31.7 Å². The summed E-state index contributed by atoms with van der Waals surface area (Å²) in [4.78, 5) is 0. The summed E-state index contributed by atoms with van der Waals surface area (Å²) in [5, 5.41) is 13.6. The normalized spacial score (nSPS) is 19.9. The van der Waals surface area contributed by atoms with Gasteiger partial charge in [-0.05, 0) is 28.8 Å². The Balaban J connectivity index is 1.68. The van der Waals surface area contributed by atoms with Crippen LogP contribution in [-0.2, 0) is 13.0 Å². The Kier molecular flexibility index (Phi) is 4.80. The van der Waals surface area contributed by atoms with Gasteiger partial charge in [-0.25, -0.2) is 0 Å². The molecule has 0 unspecified atom stereocenters. The lowest BCUT2D eigenvalue weighted by atomic mass is 10.1. The van der Waals surface area contributed by atoms with Crippen molar-refractivity contribution >= 4 is 11.6 Å². The fraction of sp³-hybridized carbons (Fsp3) is 0.294. The van der Waals surface area contributed by atoms with Gasteiger partial charge in [0.15, 0.2) is 0 Å². The molecule has 0 saturated heterocycles. The van der Waals surface area contributed by atoms with Gasteiger partial charge in [0, 0.05) is 13.0 Å². The summed E-state index contributed by atoms with van der Waals surface area (Å²) in [5.41, 5.74) is 3.05. The Morgan fingerprint density at radius 1 is 1.26 bits per heavy atom. The number of ether oxygens (including phenoxy) is 1. The number of aliphatic hydroxyl groups excluding tert-OH is 1. The second-order valence-corrected chi connectivity index (χ2v) is 5.88. The monoisotopic (exact) mass is 339 g/mol. The Hall–Kier alpha value is -1.69. The highest BCUT2D eigenvalue weighted by molar-refractivity contribution is 6.32. The van der Waals surface area contributed by atoms with E-state index in [0.29, 0.717) is 13.0 Å². The van der Waals surface area contributed by atoms with Gasteiger partial charge in [0.2, 0.25) is 0 Å². The fourth-order valence-electron chi connectivity index (χ4n) is 2.89. The van der Waals surface area contributed by atoms with Crippen LogP contribution < -0.4 is 10.1 Å². The lowest BCUT2D eigenvalue weighted by Gasteiger charge is -2.18. The summed E-state index contributed by atoms with van der Waals surface area (Å²) >= 11 is 5.94. The van der Waals surface area contributed by atoms with E-state index in [1.54, 1.807) is 12.1 Å². The van der Waals surface area contributed by atoms with E-state index in [-0.39, 0.29) is 16.8 Å². The molecule has 3 rings (SSSR count). The molecule has 3 nitrogen and oxygen atoms in total. The molecule has 0 fully saturated rings. The van der Waals surface area contributed by atoms with E-state index in [4.69, 9.17) is 11.6 Å². The minimum Gasteiger partial charge on any atom is -0.433 e. The SMILES string of the molecule is O[C@H]1Cc2ccccc2[C@H]1NCc1ccc(OC(F)F)c(Cl)c1. The molecule has 0 aliphatic heterocycles. The third kappa shape index (κ3) is 3.63. The number of aliphatic hydroxyl groups is 1. The van der Waals surface area contributed by atoms with Gasteiger partial charge in [-0.1, -0.05) is 41.9 Å². The third-order valence-corrected chi connectivity index (χ3v) is 4.24. The number of nitrogens with one attached hydrogen (secondary N) is 1. The average molecular weight is 340 g/mol. The summed E-state index contributed by atoms with van der Waals surface area (Å²) in [6, 6.07) is 12.4. The van der Waals surface area contributed by atoms with E-state index in [9.17, 15) is 13.9 Å². The summed E-state index contributed by atoms with van der Waals surface area (Å²) in [5.74, 6) is -0.0448. The van der Waals surface area contributed by atoms with Crippen LogP contribution in [0.1, 0.15) is 22.7 Å². The molecule has 0 heterocycles. The smallest absolute Gasteiger partial charge is 0.387 e. The van der Waals surface area contributed by atoms with Gasteiger partial charge in [-0.3, -0.25) is 0 Å². The molecule has 1 aliphatic carbocycles. The minimum absolute atomic E-state index is 0.0448. The average Bonchev–Trinajstić information content (AvgIpc) is 2.83. The van der Waals surface area contributed by atoms with E-state index in [1.165, 1.54) is 6.07 Å². The summed E-state index contributed by atoms with van der Waals surface area (Å²) in [6.07, 6.45) is 0.139. The van der Waals surface area contributed by atoms with Crippen LogP contribution in [0.2, 0.25) is 5.02 Å². The zero-order valence-corrected chi connectivity index (χ0v) is 12.9. The van der Waals surface area contributed by atoms with E-state index in [1.807, 2.05) is 24.3 Å². The van der Waals surface area contributed by atoms with Gasteiger partial charge < -0.3 is 15.2 Å². The van der Waals surface area contributed by atoms with Crippen molar-refractivity contribution in [2.75, 3.05) is 0 Å². The van der Waals surface area contributed by atoms with Gasteiger partial charge in [-0.2, -0.15) is 8.78 Å². The number of alkyl halides is 2. The summed E-state index contributed by atoms with van der Waals surface area (Å²) in [6.45, 7) is -2.44. The van der Waals surface area contributed by atoms with Gasteiger partial charge in [-0.15, -0.1) is 0 Å². The molecule has 2 atom stereocenters. The molecule has 2 aromatic carbocycles. The van der Waals surface area contributed by atoms with Crippen LogP contribution in [0.5, 0.6) is 5.75 Å². The van der Waals surface area contributed by atoms with Gasteiger partial charge >= 0.3 is 6.61 Å². The second-order valence-electron chi connectivity index (χ2n) is 5.47.